The minimum Gasteiger partial charge on any atom is -0.497 e. The monoisotopic (exact) mass is 434 g/mol. The highest BCUT2D eigenvalue weighted by Gasteiger charge is 2.66. The van der Waals surface area contributed by atoms with Crippen molar-refractivity contribution in [3.8, 4) is 17.6 Å². The van der Waals surface area contributed by atoms with E-state index in [0.29, 0.717) is 23.7 Å². The fraction of sp³-hybridized carbons (Fsp3) is 0.655. The number of fused-ring (bicyclic) bond motifs is 5. The van der Waals surface area contributed by atoms with Crippen molar-refractivity contribution in [3.63, 3.8) is 0 Å². The van der Waals surface area contributed by atoms with Crippen molar-refractivity contribution in [3.05, 3.63) is 41.5 Å². The third-order valence-electron chi connectivity index (χ3n) is 10.1. The minimum atomic E-state index is -0.901. The Kier molecular flexibility index (Phi) is 5.27. The first kappa shape index (κ1) is 22.1. The van der Waals surface area contributed by atoms with Crippen LogP contribution in [-0.2, 0) is 0 Å². The summed E-state index contributed by atoms with van der Waals surface area (Å²) in [6.07, 6.45) is 8.83. The molecular formula is C29H38O3. The predicted molar refractivity (Wildman–Crippen MR) is 127 cm³/mol. The predicted octanol–water partition coefficient (Wildman–Crippen LogP) is 5.47. The van der Waals surface area contributed by atoms with Crippen LogP contribution in [0.5, 0.6) is 5.75 Å². The highest BCUT2D eigenvalue weighted by molar-refractivity contribution is 5.37. The third-order valence-corrected chi connectivity index (χ3v) is 10.1. The van der Waals surface area contributed by atoms with E-state index in [1.807, 2.05) is 6.92 Å². The smallest absolute Gasteiger partial charge is 0.131 e. The minimum absolute atomic E-state index is 0.116. The maximum absolute atomic E-state index is 11.8. The van der Waals surface area contributed by atoms with Gasteiger partial charge in [-0.3, -0.25) is 0 Å². The summed E-state index contributed by atoms with van der Waals surface area (Å²) in [7, 11) is 1.71. The van der Waals surface area contributed by atoms with Gasteiger partial charge in [-0.05, 0) is 98.7 Å². The Morgan fingerprint density at radius 3 is 2.50 bits per heavy atom. The lowest BCUT2D eigenvalue weighted by Crippen LogP contribution is -2.57. The fourth-order valence-corrected chi connectivity index (χ4v) is 8.49. The van der Waals surface area contributed by atoms with E-state index < -0.39 is 5.60 Å². The van der Waals surface area contributed by atoms with Gasteiger partial charge in [0.15, 0.2) is 0 Å². The van der Waals surface area contributed by atoms with E-state index in [1.165, 1.54) is 11.1 Å². The first-order chi connectivity index (χ1) is 15.3. The van der Waals surface area contributed by atoms with Gasteiger partial charge in [0.2, 0.25) is 0 Å². The molecule has 0 bridgehead atoms. The summed E-state index contributed by atoms with van der Waals surface area (Å²) in [6.45, 7) is 6.64. The first-order valence-corrected chi connectivity index (χ1v) is 12.5. The zero-order valence-electron chi connectivity index (χ0n) is 20.0. The van der Waals surface area contributed by atoms with Crippen molar-refractivity contribution in [2.75, 3.05) is 7.11 Å². The second-order valence-corrected chi connectivity index (χ2v) is 11.3. The van der Waals surface area contributed by atoms with Crippen LogP contribution in [0.25, 0.3) is 0 Å². The van der Waals surface area contributed by atoms with Gasteiger partial charge in [-0.2, -0.15) is 0 Å². The van der Waals surface area contributed by atoms with Gasteiger partial charge in [-0.25, -0.2) is 0 Å². The molecular weight excluding hydrogens is 396 g/mol. The first-order valence-electron chi connectivity index (χ1n) is 12.5. The van der Waals surface area contributed by atoms with E-state index in [9.17, 15) is 10.2 Å². The SMILES string of the molecule is CC#C[C@]1(O)CC[C@H]2[C@@H]3CCC4=C[C@@H](O)CC[C@]4(C)[C@H]3[C@@H](c3ccc(OC)cc3)C[C@@]21C. The van der Waals surface area contributed by atoms with E-state index in [0.717, 1.165) is 50.7 Å². The summed E-state index contributed by atoms with van der Waals surface area (Å²) in [4.78, 5) is 0. The van der Waals surface area contributed by atoms with Crippen LogP contribution in [0.4, 0.5) is 0 Å². The van der Waals surface area contributed by atoms with Crippen LogP contribution >= 0.6 is 0 Å². The van der Waals surface area contributed by atoms with Crippen LogP contribution in [0.2, 0.25) is 0 Å². The molecule has 0 radical (unpaired) electrons. The van der Waals surface area contributed by atoms with Gasteiger partial charge in [-0.15, -0.1) is 5.92 Å². The molecule has 0 spiro atoms. The van der Waals surface area contributed by atoms with Gasteiger partial charge < -0.3 is 14.9 Å². The molecule has 8 atom stereocenters. The molecule has 0 heterocycles. The van der Waals surface area contributed by atoms with Crippen molar-refractivity contribution in [1.29, 1.82) is 0 Å². The zero-order chi connectivity index (χ0) is 22.7. The van der Waals surface area contributed by atoms with Crippen LogP contribution in [0.3, 0.4) is 0 Å². The Bertz CT molecular complexity index is 968. The molecule has 2 N–H and O–H groups in total. The molecule has 3 saturated carbocycles. The lowest BCUT2D eigenvalue weighted by atomic mass is 9.43. The summed E-state index contributed by atoms with van der Waals surface area (Å²) in [6, 6.07) is 8.64. The van der Waals surface area contributed by atoms with Crippen molar-refractivity contribution in [2.45, 2.75) is 83.3 Å². The van der Waals surface area contributed by atoms with E-state index in [1.54, 1.807) is 7.11 Å². The number of hydrogen-bond donors (Lipinski definition) is 2. The molecule has 4 aliphatic carbocycles. The zero-order valence-corrected chi connectivity index (χ0v) is 20.0. The topological polar surface area (TPSA) is 49.7 Å². The summed E-state index contributed by atoms with van der Waals surface area (Å²) in [5.41, 5.74) is 1.84. The Labute approximate surface area is 193 Å². The van der Waals surface area contributed by atoms with Gasteiger partial charge >= 0.3 is 0 Å². The molecule has 4 aliphatic rings. The molecule has 0 aliphatic heterocycles. The van der Waals surface area contributed by atoms with E-state index in [4.69, 9.17) is 4.74 Å². The number of benzene rings is 1. The molecule has 3 fully saturated rings. The Hall–Kier alpha value is -1.76. The molecule has 1 aromatic carbocycles. The summed E-state index contributed by atoms with van der Waals surface area (Å²) >= 11 is 0. The maximum Gasteiger partial charge on any atom is 0.131 e. The number of methoxy groups -OCH3 is 1. The largest absolute Gasteiger partial charge is 0.497 e. The lowest BCUT2D eigenvalue weighted by Gasteiger charge is -2.62. The van der Waals surface area contributed by atoms with E-state index in [2.05, 4.69) is 56.0 Å². The van der Waals surface area contributed by atoms with E-state index >= 15 is 0 Å². The van der Waals surface area contributed by atoms with Gasteiger partial charge in [0, 0.05) is 5.41 Å². The average Bonchev–Trinajstić information content (AvgIpc) is 3.04. The fourth-order valence-electron chi connectivity index (χ4n) is 8.49. The Morgan fingerprint density at radius 1 is 1.06 bits per heavy atom. The highest BCUT2D eigenvalue weighted by atomic mass is 16.5. The second-order valence-electron chi connectivity index (χ2n) is 11.3. The molecule has 3 nitrogen and oxygen atoms in total. The maximum atomic E-state index is 11.8. The van der Waals surface area contributed by atoms with Crippen molar-refractivity contribution in [1.82, 2.24) is 0 Å². The van der Waals surface area contributed by atoms with E-state index in [-0.39, 0.29) is 16.9 Å². The van der Waals surface area contributed by atoms with Gasteiger partial charge in [0.1, 0.15) is 11.4 Å². The number of aliphatic hydroxyl groups excluding tert-OH is 1. The number of aliphatic hydroxyl groups is 2. The number of rotatable bonds is 2. The van der Waals surface area contributed by atoms with Crippen LogP contribution in [0.1, 0.15) is 77.2 Å². The van der Waals surface area contributed by atoms with Crippen molar-refractivity contribution < 1.29 is 14.9 Å². The summed E-state index contributed by atoms with van der Waals surface area (Å²) in [5.74, 6) is 9.16. The quantitative estimate of drug-likeness (QED) is 0.480. The molecule has 172 valence electrons. The normalized spacial score (nSPS) is 44.9. The number of allylic oxidation sites excluding steroid dienone is 1. The Morgan fingerprint density at radius 2 is 1.81 bits per heavy atom. The Balaban J connectivity index is 1.64. The molecule has 32 heavy (non-hydrogen) atoms. The molecule has 3 heteroatoms. The number of hydrogen-bond acceptors (Lipinski definition) is 3. The molecule has 0 amide bonds. The van der Waals surface area contributed by atoms with Crippen LogP contribution in [0.15, 0.2) is 35.9 Å². The number of ether oxygens (including phenoxy) is 1. The highest BCUT2D eigenvalue weighted by Crippen LogP contribution is 2.70. The molecule has 0 aromatic heterocycles. The molecule has 0 unspecified atom stereocenters. The van der Waals surface area contributed by atoms with Gasteiger partial charge in [0.05, 0.1) is 13.2 Å². The van der Waals surface area contributed by atoms with Crippen LogP contribution in [-0.4, -0.2) is 29.0 Å². The lowest BCUT2D eigenvalue weighted by molar-refractivity contribution is -0.112. The molecule has 1 aromatic rings. The second kappa shape index (κ2) is 7.64. The standard InChI is InChI=1S/C29H38O3/c1-5-14-29(31)16-13-25-23-11-8-20-17-21(30)12-15-27(20,2)26(23)24(18-28(25,29)3)19-6-9-22(32-4)10-7-19/h6-7,9-10,17,21,23-26,30-31H,8,11-13,15-16,18H2,1-4H3/t21-,23-,24+,25-,26+,27-,28-,29-/m0/s1. The summed E-state index contributed by atoms with van der Waals surface area (Å²) in [5, 5.41) is 22.2. The van der Waals surface area contributed by atoms with Gasteiger partial charge in [-0.1, -0.05) is 43.5 Å². The third kappa shape index (κ3) is 3.02. The van der Waals surface area contributed by atoms with Crippen molar-refractivity contribution >= 4 is 0 Å². The average molecular weight is 435 g/mol. The van der Waals surface area contributed by atoms with Crippen LogP contribution < -0.4 is 4.74 Å². The van der Waals surface area contributed by atoms with Gasteiger partial charge in [0.25, 0.3) is 0 Å². The molecule has 5 rings (SSSR count). The summed E-state index contributed by atoms with van der Waals surface area (Å²) < 4.78 is 5.44. The van der Waals surface area contributed by atoms with Crippen LogP contribution in [0, 0.1) is 40.4 Å². The molecule has 0 saturated heterocycles. The van der Waals surface area contributed by atoms with Crippen molar-refractivity contribution in [2.24, 2.45) is 28.6 Å².